The van der Waals surface area contributed by atoms with Crippen molar-refractivity contribution in [3.8, 4) is 0 Å². The van der Waals surface area contributed by atoms with E-state index in [1.165, 1.54) is 21.2 Å². The summed E-state index contributed by atoms with van der Waals surface area (Å²) in [5.74, 6) is 0.525. The fourth-order valence-corrected chi connectivity index (χ4v) is 4.42. The van der Waals surface area contributed by atoms with Gasteiger partial charge in [-0.25, -0.2) is 0 Å². The number of allylic oxidation sites excluding steroid dienone is 4. The van der Waals surface area contributed by atoms with Gasteiger partial charge in [-0.15, -0.1) is 0 Å². The van der Waals surface area contributed by atoms with Crippen LogP contribution in [0.4, 0.5) is 11.4 Å². The van der Waals surface area contributed by atoms with Gasteiger partial charge >= 0.3 is 0 Å². The van der Waals surface area contributed by atoms with Crippen molar-refractivity contribution in [1.29, 1.82) is 0 Å². The van der Waals surface area contributed by atoms with E-state index in [2.05, 4.69) is 102 Å². The van der Waals surface area contributed by atoms with E-state index in [-0.39, 0.29) is 0 Å². The van der Waals surface area contributed by atoms with Crippen LogP contribution < -0.4 is 4.90 Å². The zero-order chi connectivity index (χ0) is 17.1. The number of hydrogen-bond donors (Lipinski definition) is 0. The first kappa shape index (κ1) is 16.1. The van der Waals surface area contributed by atoms with Crippen LogP contribution in [0, 0.1) is 5.92 Å². The maximum Gasteiger partial charge on any atom is 0.0552 e. The lowest BCUT2D eigenvalue weighted by molar-refractivity contribution is 0.407. The molecule has 0 aromatic heterocycles. The van der Waals surface area contributed by atoms with E-state index in [0.717, 1.165) is 13.1 Å². The average Bonchev–Trinajstić information content (AvgIpc) is 2.90. The predicted molar refractivity (Wildman–Crippen MR) is 107 cm³/mol. The molecule has 126 valence electrons. The van der Waals surface area contributed by atoms with Crippen LogP contribution in [0.15, 0.2) is 95.0 Å². The molecule has 2 heterocycles. The van der Waals surface area contributed by atoms with E-state index < -0.39 is 0 Å². The normalized spacial score (nSPS) is 16.4. The van der Waals surface area contributed by atoms with Crippen LogP contribution in [0.3, 0.4) is 0 Å². The first-order valence-electron chi connectivity index (χ1n) is 8.72. The summed E-state index contributed by atoms with van der Waals surface area (Å²) < 4.78 is 0. The molecule has 0 radical (unpaired) electrons. The Hall–Kier alpha value is -2.39. The number of hydrogen-bond acceptors (Lipinski definition) is 3. The Balaban J connectivity index is 1.57. The molecule has 1 atom stereocenters. The number of fused-ring (bicyclic) bond motifs is 2. The summed E-state index contributed by atoms with van der Waals surface area (Å²) in [4.78, 5) is 7.43. The molecule has 2 aromatic rings. The molecule has 0 saturated carbocycles. The quantitative estimate of drug-likeness (QED) is 0.688. The highest BCUT2D eigenvalue weighted by atomic mass is 32.2. The zero-order valence-electron chi connectivity index (χ0n) is 14.4. The summed E-state index contributed by atoms with van der Waals surface area (Å²) in [6.45, 7) is 4.33. The molecule has 1 unspecified atom stereocenters. The number of rotatable bonds is 4. The van der Waals surface area contributed by atoms with Crippen LogP contribution in [0.2, 0.25) is 0 Å². The maximum absolute atomic E-state index is 2.48. The molecule has 3 heteroatoms. The van der Waals surface area contributed by atoms with Crippen LogP contribution in [0.25, 0.3) is 0 Å². The SMILES string of the molecule is CC(CN1C=CC=CC=C1)CN1c2ccccc2Sc2ccccc21. The standard InChI is InChI=1S/C22H22N2S/c1-18(16-23-14-8-2-3-9-15-23)17-24-19-10-4-6-12-21(19)25-22-13-7-5-11-20(22)24/h2-15,18H,16-17H2,1H3. The monoisotopic (exact) mass is 346 g/mol. The smallest absolute Gasteiger partial charge is 0.0552 e. The van der Waals surface area contributed by atoms with E-state index in [4.69, 9.17) is 0 Å². The summed E-state index contributed by atoms with van der Waals surface area (Å²) in [5.41, 5.74) is 2.64. The largest absolute Gasteiger partial charge is 0.354 e. The Morgan fingerprint density at radius 1 is 0.760 bits per heavy atom. The molecule has 4 rings (SSSR count). The molecule has 0 amide bonds. The Morgan fingerprint density at radius 2 is 1.32 bits per heavy atom. The predicted octanol–water partition coefficient (Wildman–Crippen LogP) is 5.82. The molecule has 0 fully saturated rings. The fourth-order valence-electron chi connectivity index (χ4n) is 3.33. The van der Waals surface area contributed by atoms with E-state index >= 15 is 0 Å². The number of benzene rings is 2. The molecule has 0 saturated heterocycles. The molecule has 2 nitrogen and oxygen atoms in total. The highest BCUT2D eigenvalue weighted by molar-refractivity contribution is 7.99. The van der Waals surface area contributed by atoms with Crippen molar-refractivity contribution < 1.29 is 0 Å². The summed E-state index contributed by atoms with van der Waals surface area (Å²) in [7, 11) is 0. The van der Waals surface area contributed by atoms with Crippen molar-refractivity contribution in [2.75, 3.05) is 18.0 Å². The molecular formula is C22H22N2S. The highest BCUT2D eigenvalue weighted by Crippen LogP contribution is 2.47. The van der Waals surface area contributed by atoms with Crippen LogP contribution in [-0.4, -0.2) is 18.0 Å². The van der Waals surface area contributed by atoms with Crippen molar-refractivity contribution in [1.82, 2.24) is 4.90 Å². The van der Waals surface area contributed by atoms with Gasteiger partial charge in [-0.3, -0.25) is 0 Å². The third kappa shape index (κ3) is 3.52. The summed E-state index contributed by atoms with van der Waals surface area (Å²) in [6, 6.07) is 17.4. The molecule has 0 bridgehead atoms. The van der Waals surface area contributed by atoms with Gasteiger partial charge in [0.2, 0.25) is 0 Å². The van der Waals surface area contributed by atoms with Crippen LogP contribution in [0.5, 0.6) is 0 Å². The van der Waals surface area contributed by atoms with E-state index in [9.17, 15) is 0 Å². The van der Waals surface area contributed by atoms with E-state index in [0.29, 0.717) is 5.92 Å². The third-order valence-corrected chi connectivity index (χ3v) is 5.57. The Morgan fingerprint density at radius 3 is 1.92 bits per heavy atom. The van der Waals surface area contributed by atoms with Gasteiger partial charge in [-0.2, -0.15) is 0 Å². The van der Waals surface area contributed by atoms with Gasteiger partial charge in [0.05, 0.1) is 11.4 Å². The number of anilines is 2. The van der Waals surface area contributed by atoms with Gasteiger partial charge in [0.25, 0.3) is 0 Å². The van der Waals surface area contributed by atoms with Crippen molar-refractivity contribution in [3.05, 3.63) is 85.2 Å². The lowest BCUT2D eigenvalue weighted by atomic mass is 10.1. The minimum atomic E-state index is 0.525. The topological polar surface area (TPSA) is 6.48 Å². The molecular weight excluding hydrogens is 324 g/mol. The molecule has 2 aliphatic heterocycles. The molecule has 0 aliphatic carbocycles. The first-order valence-corrected chi connectivity index (χ1v) is 9.54. The number of nitrogens with zero attached hydrogens (tertiary/aromatic N) is 2. The fraction of sp³-hybridized carbons (Fsp3) is 0.182. The molecule has 0 N–H and O–H groups in total. The van der Waals surface area contributed by atoms with Gasteiger partial charge in [0.15, 0.2) is 0 Å². The summed E-state index contributed by atoms with van der Waals surface area (Å²) in [6.07, 6.45) is 12.6. The van der Waals surface area contributed by atoms with Gasteiger partial charge < -0.3 is 9.80 Å². The van der Waals surface area contributed by atoms with Gasteiger partial charge in [0.1, 0.15) is 0 Å². The van der Waals surface area contributed by atoms with Crippen LogP contribution >= 0.6 is 11.8 Å². The minimum Gasteiger partial charge on any atom is -0.354 e. The maximum atomic E-state index is 2.48. The summed E-state index contributed by atoms with van der Waals surface area (Å²) in [5, 5.41) is 0. The molecule has 0 spiro atoms. The lowest BCUT2D eigenvalue weighted by Crippen LogP contribution is -2.31. The molecule has 25 heavy (non-hydrogen) atoms. The Kier molecular flexibility index (Phi) is 4.66. The lowest BCUT2D eigenvalue weighted by Gasteiger charge is -2.35. The van der Waals surface area contributed by atoms with E-state index in [1.54, 1.807) is 0 Å². The highest BCUT2D eigenvalue weighted by Gasteiger charge is 2.24. The minimum absolute atomic E-state index is 0.525. The third-order valence-electron chi connectivity index (χ3n) is 4.44. The molecule has 2 aliphatic rings. The van der Waals surface area contributed by atoms with Gasteiger partial charge in [-0.1, -0.05) is 55.1 Å². The van der Waals surface area contributed by atoms with Crippen LogP contribution in [0.1, 0.15) is 6.92 Å². The molecule has 2 aromatic carbocycles. The first-order chi connectivity index (χ1) is 12.3. The second-order valence-corrected chi connectivity index (χ2v) is 7.60. The van der Waals surface area contributed by atoms with Crippen molar-refractivity contribution in [3.63, 3.8) is 0 Å². The van der Waals surface area contributed by atoms with Crippen molar-refractivity contribution in [2.24, 2.45) is 5.92 Å². The Labute approximate surface area is 154 Å². The second-order valence-electron chi connectivity index (χ2n) is 6.52. The van der Waals surface area contributed by atoms with Crippen molar-refractivity contribution in [2.45, 2.75) is 16.7 Å². The second kappa shape index (κ2) is 7.24. The van der Waals surface area contributed by atoms with Crippen molar-refractivity contribution >= 4 is 23.1 Å². The zero-order valence-corrected chi connectivity index (χ0v) is 15.2. The number of para-hydroxylation sites is 2. The van der Waals surface area contributed by atoms with Gasteiger partial charge in [0, 0.05) is 35.3 Å². The van der Waals surface area contributed by atoms with Gasteiger partial charge in [-0.05, 0) is 42.3 Å². The summed E-state index contributed by atoms with van der Waals surface area (Å²) >= 11 is 1.87. The Bertz CT molecular complexity index is 776. The average molecular weight is 346 g/mol. The van der Waals surface area contributed by atoms with Crippen LogP contribution in [-0.2, 0) is 0 Å². The van der Waals surface area contributed by atoms with E-state index in [1.807, 2.05) is 11.8 Å².